The second-order valence-electron chi connectivity index (χ2n) is 1.89. The highest BCUT2D eigenvalue weighted by atomic mass is 15.1. The highest BCUT2D eigenvalue weighted by Gasteiger charge is 2.16. The van der Waals surface area contributed by atoms with Crippen LogP contribution in [0.15, 0.2) is 0 Å². The van der Waals surface area contributed by atoms with Crippen molar-refractivity contribution in [3.8, 4) is 0 Å². The molecule has 0 aliphatic rings. The first-order chi connectivity index (χ1) is 2.94. The summed E-state index contributed by atoms with van der Waals surface area (Å²) in [6, 6.07) is 0. The van der Waals surface area contributed by atoms with Gasteiger partial charge in [-0.2, -0.15) is 0 Å². The van der Waals surface area contributed by atoms with Gasteiger partial charge in [0.25, 0.3) is 0 Å². The van der Waals surface area contributed by atoms with E-state index in [1.54, 1.807) is 6.92 Å². The average molecular weight is 104 g/mol. The van der Waals surface area contributed by atoms with Gasteiger partial charge >= 0.3 is 0 Å². The Hall–Kier alpha value is -0.160. The molecule has 0 radical (unpaired) electrons. The lowest BCUT2D eigenvalue weighted by atomic mass is 10.2. The first-order valence-corrected chi connectivity index (χ1v) is 2.03. The summed E-state index contributed by atoms with van der Waals surface area (Å²) in [5, 5.41) is 0. The molecule has 4 heteroatoms. The zero-order valence-electron chi connectivity index (χ0n) is 4.39. The Morgan fingerprint density at radius 1 is 1.29 bits per heavy atom. The molecular weight excluding hydrogens is 92.1 g/mol. The predicted molar refractivity (Wildman–Crippen MR) is 28.9 cm³/mol. The van der Waals surface area contributed by atoms with E-state index in [0.29, 0.717) is 0 Å². The molecule has 44 valence electrons. The molecule has 0 unspecified atom stereocenters. The monoisotopic (exact) mass is 104 g/mol. The Morgan fingerprint density at radius 3 is 1.43 bits per heavy atom. The normalized spacial score (nSPS) is 12.9. The SMILES string of the molecule is CC(N)(N)C(N)N. The van der Waals surface area contributed by atoms with E-state index in [0.717, 1.165) is 0 Å². The minimum absolute atomic E-state index is 0.646. The van der Waals surface area contributed by atoms with Crippen LogP contribution < -0.4 is 22.9 Å². The molecule has 0 spiro atoms. The largest absolute Gasteiger partial charge is 0.313 e. The van der Waals surface area contributed by atoms with Crippen LogP contribution in [0.3, 0.4) is 0 Å². The van der Waals surface area contributed by atoms with Gasteiger partial charge in [0.15, 0.2) is 0 Å². The summed E-state index contributed by atoms with van der Waals surface area (Å²) >= 11 is 0. The lowest BCUT2D eigenvalue weighted by Crippen LogP contribution is -2.64. The van der Waals surface area contributed by atoms with Crippen LogP contribution >= 0.6 is 0 Å². The first-order valence-electron chi connectivity index (χ1n) is 2.03. The second kappa shape index (κ2) is 1.75. The van der Waals surface area contributed by atoms with Crippen LogP contribution in [0, 0.1) is 0 Å². The molecule has 0 saturated heterocycles. The maximum Gasteiger partial charge on any atom is 0.0896 e. The van der Waals surface area contributed by atoms with Gasteiger partial charge in [-0.3, -0.25) is 0 Å². The molecule has 7 heavy (non-hydrogen) atoms. The Bertz CT molecular complexity index is 52.4. The van der Waals surface area contributed by atoms with Crippen molar-refractivity contribution in [1.29, 1.82) is 0 Å². The van der Waals surface area contributed by atoms with Crippen molar-refractivity contribution >= 4 is 0 Å². The maximum absolute atomic E-state index is 5.21. The van der Waals surface area contributed by atoms with E-state index >= 15 is 0 Å². The van der Waals surface area contributed by atoms with E-state index in [1.165, 1.54) is 0 Å². The van der Waals surface area contributed by atoms with Gasteiger partial charge in [0, 0.05) is 0 Å². The standard InChI is InChI=1S/C3H12N4/c1-3(6,7)2(4)5/h2H,4-7H2,1H3. The third-order valence-corrected chi connectivity index (χ3v) is 0.718. The first kappa shape index (κ1) is 6.84. The van der Waals surface area contributed by atoms with Crippen molar-refractivity contribution in [2.75, 3.05) is 0 Å². The van der Waals surface area contributed by atoms with Crippen LogP contribution in [0.2, 0.25) is 0 Å². The van der Waals surface area contributed by atoms with Crippen LogP contribution in [0.1, 0.15) is 6.92 Å². The molecule has 0 amide bonds. The number of nitrogens with two attached hydrogens (primary N) is 4. The lowest BCUT2D eigenvalue weighted by Gasteiger charge is -2.22. The Kier molecular flexibility index (Phi) is 1.71. The van der Waals surface area contributed by atoms with Gasteiger partial charge in [-0.25, -0.2) is 0 Å². The van der Waals surface area contributed by atoms with E-state index in [1.807, 2.05) is 0 Å². The summed E-state index contributed by atoms with van der Waals surface area (Å²) < 4.78 is 0. The van der Waals surface area contributed by atoms with Crippen molar-refractivity contribution in [3.05, 3.63) is 0 Å². The molecule has 0 aromatic heterocycles. The summed E-state index contributed by atoms with van der Waals surface area (Å²) in [5.41, 5.74) is 19.7. The van der Waals surface area contributed by atoms with Gasteiger partial charge in [0.1, 0.15) is 0 Å². The Balaban J connectivity index is 3.54. The highest BCUT2D eigenvalue weighted by molar-refractivity contribution is 4.77. The number of rotatable bonds is 1. The van der Waals surface area contributed by atoms with E-state index in [-0.39, 0.29) is 0 Å². The summed E-state index contributed by atoms with van der Waals surface area (Å²) in [6.07, 6.45) is -0.646. The van der Waals surface area contributed by atoms with Crippen LogP contribution in [0.4, 0.5) is 0 Å². The molecular formula is C3H12N4. The minimum Gasteiger partial charge on any atom is -0.313 e. The maximum atomic E-state index is 5.21. The van der Waals surface area contributed by atoms with Crippen LogP contribution in [-0.2, 0) is 0 Å². The molecule has 0 bridgehead atoms. The Morgan fingerprint density at radius 2 is 1.43 bits per heavy atom. The van der Waals surface area contributed by atoms with Gasteiger partial charge in [0.05, 0.1) is 11.8 Å². The molecule has 0 atom stereocenters. The molecule has 8 N–H and O–H groups in total. The molecule has 0 heterocycles. The van der Waals surface area contributed by atoms with E-state index in [9.17, 15) is 0 Å². The fraction of sp³-hybridized carbons (Fsp3) is 1.00. The third-order valence-electron chi connectivity index (χ3n) is 0.718. The van der Waals surface area contributed by atoms with Gasteiger partial charge in [-0.15, -0.1) is 0 Å². The summed E-state index contributed by atoms with van der Waals surface area (Å²) in [5.74, 6) is 0. The summed E-state index contributed by atoms with van der Waals surface area (Å²) in [4.78, 5) is 0. The van der Waals surface area contributed by atoms with E-state index in [2.05, 4.69) is 0 Å². The van der Waals surface area contributed by atoms with Crippen LogP contribution in [0.5, 0.6) is 0 Å². The molecule has 0 aromatic carbocycles. The summed E-state index contributed by atoms with van der Waals surface area (Å²) in [7, 11) is 0. The smallest absolute Gasteiger partial charge is 0.0896 e. The topological polar surface area (TPSA) is 104 Å². The number of hydrogen-bond acceptors (Lipinski definition) is 4. The molecule has 0 aromatic rings. The van der Waals surface area contributed by atoms with Crippen LogP contribution in [0.25, 0.3) is 0 Å². The van der Waals surface area contributed by atoms with Crippen LogP contribution in [-0.4, -0.2) is 11.8 Å². The summed E-state index contributed by atoms with van der Waals surface area (Å²) in [6.45, 7) is 1.57. The fourth-order valence-corrected chi connectivity index (χ4v) is 0. The lowest BCUT2D eigenvalue weighted by molar-refractivity contribution is 0.396. The number of hydrogen-bond donors (Lipinski definition) is 4. The second-order valence-corrected chi connectivity index (χ2v) is 1.89. The van der Waals surface area contributed by atoms with E-state index < -0.39 is 11.8 Å². The third kappa shape index (κ3) is 2.52. The molecule has 0 aliphatic carbocycles. The van der Waals surface area contributed by atoms with Gasteiger partial charge in [-0.1, -0.05) is 0 Å². The molecule has 0 fully saturated rings. The van der Waals surface area contributed by atoms with Gasteiger partial charge in [0.2, 0.25) is 0 Å². The quantitative estimate of drug-likeness (QED) is 0.285. The fourth-order valence-electron chi connectivity index (χ4n) is 0. The van der Waals surface area contributed by atoms with Gasteiger partial charge < -0.3 is 22.9 Å². The molecule has 4 nitrogen and oxygen atoms in total. The van der Waals surface area contributed by atoms with Crippen molar-refractivity contribution in [3.63, 3.8) is 0 Å². The Labute approximate surface area is 42.8 Å². The van der Waals surface area contributed by atoms with Gasteiger partial charge in [-0.05, 0) is 6.92 Å². The van der Waals surface area contributed by atoms with Crippen molar-refractivity contribution in [2.24, 2.45) is 22.9 Å². The van der Waals surface area contributed by atoms with Crippen molar-refractivity contribution in [2.45, 2.75) is 18.8 Å². The van der Waals surface area contributed by atoms with E-state index in [4.69, 9.17) is 22.9 Å². The minimum atomic E-state index is -0.944. The zero-order valence-corrected chi connectivity index (χ0v) is 4.39. The molecule has 0 rings (SSSR count). The molecule has 0 saturated carbocycles. The average Bonchev–Trinajstić information content (AvgIpc) is 1.31. The highest BCUT2D eigenvalue weighted by Crippen LogP contribution is 1.84. The molecule has 0 aliphatic heterocycles. The zero-order chi connectivity index (χ0) is 6.08. The van der Waals surface area contributed by atoms with Crippen molar-refractivity contribution < 1.29 is 0 Å². The predicted octanol–water partition coefficient (Wildman–Crippen LogP) is -2.14. The van der Waals surface area contributed by atoms with Crippen molar-refractivity contribution in [1.82, 2.24) is 0 Å².